The maximum absolute atomic E-state index is 12.8. The van der Waals surface area contributed by atoms with E-state index in [1.807, 2.05) is 19.0 Å². The average molecular weight is 430 g/mol. The summed E-state index contributed by atoms with van der Waals surface area (Å²) in [4.78, 5) is 29.6. The lowest BCUT2D eigenvalue weighted by atomic mass is 10.1. The second kappa shape index (κ2) is 12.3. The van der Waals surface area contributed by atoms with Gasteiger partial charge in [0.15, 0.2) is 11.6 Å². The van der Waals surface area contributed by atoms with E-state index >= 15 is 0 Å². The molecule has 0 aliphatic rings. The van der Waals surface area contributed by atoms with Gasteiger partial charge in [0, 0.05) is 34.1 Å². The van der Waals surface area contributed by atoms with Crippen LogP contribution in [-0.2, 0) is 4.79 Å². The first-order valence-electron chi connectivity index (χ1n) is 10.4. The maximum atomic E-state index is 12.8. The van der Waals surface area contributed by atoms with Gasteiger partial charge in [0.25, 0.3) is 5.91 Å². The molecule has 0 bridgehead atoms. The minimum Gasteiger partial charge on any atom is -0.481 e. The normalized spacial score (nSPS) is 10.4. The second-order valence-corrected chi connectivity index (χ2v) is 7.31. The number of hydrogen-bond donors (Lipinski definition) is 4. The number of carboxylic acid groups (broad SMARTS) is 1. The third-order valence-corrected chi connectivity index (χ3v) is 4.61. The number of carbonyl (C=O) groups excluding carboxylic acids is 1. The third kappa shape index (κ3) is 8.07. The van der Waals surface area contributed by atoms with Crippen molar-refractivity contribution in [1.29, 1.82) is 0 Å². The summed E-state index contributed by atoms with van der Waals surface area (Å²) in [5, 5.41) is 25.7. The van der Waals surface area contributed by atoms with Crippen molar-refractivity contribution in [3.63, 3.8) is 0 Å². The van der Waals surface area contributed by atoms with Gasteiger partial charge in [-0.05, 0) is 37.1 Å². The SMILES string of the molecule is CNc1ccc(C(=O)Nc2ccc(N(C)C)nn2)c(NCCCCCCCC(=O)O)n1. The molecule has 2 heterocycles. The number of hydrogen-bond acceptors (Lipinski definition) is 8. The van der Waals surface area contributed by atoms with Crippen LogP contribution in [0.3, 0.4) is 0 Å². The average Bonchev–Trinajstić information content (AvgIpc) is 2.75. The van der Waals surface area contributed by atoms with E-state index < -0.39 is 5.97 Å². The molecule has 31 heavy (non-hydrogen) atoms. The zero-order chi connectivity index (χ0) is 22.6. The first kappa shape index (κ1) is 23.8. The highest BCUT2D eigenvalue weighted by molar-refractivity contribution is 6.07. The smallest absolute Gasteiger partial charge is 0.303 e. The van der Waals surface area contributed by atoms with Crippen LogP contribution in [0.1, 0.15) is 48.9 Å². The Kier molecular flexibility index (Phi) is 9.47. The van der Waals surface area contributed by atoms with Crippen LogP contribution in [0.25, 0.3) is 0 Å². The molecule has 10 heteroatoms. The van der Waals surface area contributed by atoms with Crippen molar-refractivity contribution in [3.8, 4) is 0 Å². The van der Waals surface area contributed by atoms with Crippen molar-refractivity contribution < 1.29 is 14.7 Å². The van der Waals surface area contributed by atoms with Gasteiger partial charge in [0.05, 0.1) is 5.56 Å². The lowest BCUT2D eigenvalue weighted by molar-refractivity contribution is -0.137. The van der Waals surface area contributed by atoms with E-state index in [9.17, 15) is 9.59 Å². The number of pyridine rings is 1. The summed E-state index contributed by atoms with van der Waals surface area (Å²) < 4.78 is 0. The molecule has 10 nitrogen and oxygen atoms in total. The summed E-state index contributed by atoms with van der Waals surface area (Å²) >= 11 is 0. The van der Waals surface area contributed by atoms with Crippen LogP contribution in [-0.4, -0.2) is 59.9 Å². The Labute approximate surface area is 182 Å². The van der Waals surface area contributed by atoms with Gasteiger partial charge < -0.3 is 26.0 Å². The van der Waals surface area contributed by atoms with Crippen molar-refractivity contribution in [1.82, 2.24) is 15.2 Å². The molecule has 1 amide bonds. The highest BCUT2D eigenvalue weighted by Crippen LogP contribution is 2.19. The van der Waals surface area contributed by atoms with Crippen molar-refractivity contribution in [3.05, 3.63) is 29.8 Å². The summed E-state index contributed by atoms with van der Waals surface area (Å²) in [6.07, 6.45) is 4.69. The largest absolute Gasteiger partial charge is 0.481 e. The van der Waals surface area contributed by atoms with E-state index in [0.29, 0.717) is 41.8 Å². The van der Waals surface area contributed by atoms with Crippen molar-refractivity contribution >= 4 is 35.1 Å². The van der Waals surface area contributed by atoms with Gasteiger partial charge in [-0.3, -0.25) is 9.59 Å². The van der Waals surface area contributed by atoms with Crippen LogP contribution < -0.4 is 20.9 Å². The van der Waals surface area contributed by atoms with Crippen LogP contribution in [0, 0.1) is 0 Å². The topological polar surface area (TPSA) is 132 Å². The molecular formula is C21H31N7O3. The maximum Gasteiger partial charge on any atom is 0.303 e. The molecule has 0 unspecified atom stereocenters. The van der Waals surface area contributed by atoms with Gasteiger partial charge in [-0.25, -0.2) is 4.98 Å². The molecule has 0 aliphatic carbocycles. The van der Waals surface area contributed by atoms with Crippen LogP contribution in [0.2, 0.25) is 0 Å². The first-order valence-corrected chi connectivity index (χ1v) is 10.4. The van der Waals surface area contributed by atoms with E-state index in [0.717, 1.165) is 25.7 Å². The Morgan fingerprint density at radius 3 is 2.32 bits per heavy atom. The number of carbonyl (C=O) groups is 2. The second-order valence-electron chi connectivity index (χ2n) is 7.31. The predicted molar refractivity (Wildman–Crippen MR) is 122 cm³/mol. The van der Waals surface area contributed by atoms with Crippen LogP contribution in [0.5, 0.6) is 0 Å². The number of nitrogens with one attached hydrogen (secondary N) is 3. The fraction of sp³-hybridized carbons (Fsp3) is 0.476. The van der Waals surface area contributed by atoms with Gasteiger partial charge in [-0.2, -0.15) is 0 Å². The molecule has 0 fully saturated rings. The number of carboxylic acids is 1. The fourth-order valence-corrected chi connectivity index (χ4v) is 2.87. The van der Waals surface area contributed by atoms with Gasteiger partial charge >= 0.3 is 5.97 Å². The third-order valence-electron chi connectivity index (χ3n) is 4.61. The highest BCUT2D eigenvalue weighted by Gasteiger charge is 2.15. The van der Waals surface area contributed by atoms with Crippen molar-refractivity contribution in [2.24, 2.45) is 0 Å². The zero-order valence-corrected chi connectivity index (χ0v) is 18.3. The van der Waals surface area contributed by atoms with E-state index in [1.54, 1.807) is 31.3 Å². The molecule has 4 N–H and O–H groups in total. The fourth-order valence-electron chi connectivity index (χ4n) is 2.87. The molecule has 0 saturated carbocycles. The van der Waals surface area contributed by atoms with E-state index in [4.69, 9.17) is 5.11 Å². The summed E-state index contributed by atoms with van der Waals surface area (Å²) in [5.41, 5.74) is 0.416. The minimum absolute atomic E-state index is 0.222. The number of aliphatic carboxylic acids is 1. The number of unbranched alkanes of at least 4 members (excludes halogenated alkanes) is 4. The number of rotatable bonds is 13. The van der Waals surface area contributed by atoms with Crippen LogP contribution >= 0.6 is 0 Å². The summed E-state index contributed by atoms with van der Waals surface area (Å²) in [6.45, 7) is 0.663. The quantitative estimate of drug-likeness (QED) is 0.355. The Hall–Kier alpha value is -3.43. The molecule has 0 saturated heterocycles. The summed E-state index contributed by atoms with van der Waals surface area (Å²) in [7, 11) is 5.50. The van der Waals surface area contributed by atoms with E-state index in [2.05, 4.69) is 31.1 Å². The summed E-state index contributed by atoms with van der Waals surface area (Å²) in [5.74, 6) is 1.14. The Bertz CT molecular complexity index is 857. The molecule has 0 atom stereocenters. The van der Waals surface area contributed by atoms with E-state index in [1.165, 1.54) is 0 Å². The molecule has 0 aromatic carbocycles. The highest BCUT2D eigenvalue weighted by atomic mass is 16.4. The van der Waals surface area contributed by atoms with Gasteiger partial charge in [-0.15, -0.1) is 10.2 Å². The molecule has 0 spiro atoms. The molecule has 2 aromatic heterocycles. The van der Waals surface area contributed by atoms with Crippen LogP contribution in [0.15, 0.2) is 24.3 Å². The van der Waals surface area contributed by atoms with Gasteiger partial charge in [-0.1, -0.05) is 19.3 Å². The van der Waals surface area contributed by atoms with Gasteiger partial charge in [0.1, 0.15) is 11.6 Å². The number of anilines is 4. The summed E-state index contributed by atoms with van der Waals surface area (Å²) in [6, 6.07) is 6.93. The number of aromatic nitrogens is 3. The van der Waals surface area contributed by atoms with Crippen molar-refractivity contribution in [2.75, 3.05) is 48.5 Å². The van der Waals surface area contributed by atoms with Crippen molar-refractivity contribution in [2.45, 2.75) is 38.5 Å². The molecule has 2 aromatic rings. The lowest BCUT2D eigenvalue weighted by Crippen LogP contribution is -2.18. The minimum atomic E-state index is -0.748. The Morgan fingerprint density at radius 1 is 0.968 bits per heavy atom. The molecular weight excluding hydrogens is 398 g/mol. The molecule has 168 valence electrons. The zero-order valence-electron chi connectivity index (χ0n) is 18.3. The lowest BCUT2D eigenvalue weighted by Gasteiger charge is -2.13. The molecule has 0 radical (unpaired) electrons. The Balaban J connectivity index is 1.92. The number of nitrogens with zero attached hydrogens (tertiary/aromatic N) is 4. The van der Waals surface area contributed by atoms with Gasteiger partial charge in [0.2, 0.25) is 0 Å². The van der Waals surface area contributed by atoms with E-state index in [-0.39, 0.29) is 12.3 Å². The van der Waals surface area contributed by atoms with Crippen LogP contribution in [0.4, 0.5) is 23.3 Å². The Morgan fingerprint density at radius 2 is 1.68 bits per heavy atom. The predicted octanol–water partition coefficient (Wildman–Crippen LogP) is 3.07. The monoisotopic (exact) mass is 429 g/mol. The first-order chi connectivity index (χ1) is 14.9. The molecule has 0 aliphatic heterocycles. The number of amides is 1. The molecule has 2 rings (SSSR count). The standard InChI is InChI=1S/C21H31N7O3/c1-22-16-11-10-15(21(31)25-17-12-13-18(27-26-17)28(2)3)20(24-16)23-14-8-6-4-5-7-9-19(29)30/h10-13H,4-9,14H2,1-3H3,(H,29,30)(H2,22,23,24)(H,25,26,31).